The summed E-state index contributed by atoms with van der Waals surface area (Å²) < 4.78 is 70.3. The van der Waals surface area contributed by atoms with Gasteiger partial charge < -0.3 is 15.3 Å². The van der Waals surface area contributed by atoms with E-state index in [0.29, 0.717) is 19.0 Å². The van der Waals surface area contributed by atoms with Crippen molar-refractivity contribution in [1.29, 1.82) is 5.26 Å². The number of halogens is 3. The molecule has 15 heteroatoms. The molecule has 4 heterocycles. The second kappa shape index (κ2) is 10.4. The Hall–Kier alpha value is -4.71. The van der Waals surface area contributed by atoms with Crippen molar-refractivity contribution in [3.8, 4) is 17.3 Å². The minimum absolute atomic E-state index is 0.0159. The molecule has 0 bridgehead atoms. The van der Waals surface area contributed by atoms with Crippen LogP contribution in [0.2, 0.25) is 0 Å². The number of amides is 1. The van der Waals surface area contributed by atoms with E-state index in [2.05, 4.69) is 20.3 Å². The molecular formula is C26H22F3N7O4S. The lowest BCUT2D eigenvalue weighted by Gasteiger charge is -2.36. The first kappa shape index (κ1) is 27.8. The number of alkyl halides is 3. The minimum atomic E-state index is -4.90. The molecule has 212 valence electrons. The van der Waals surface area contributed by atoms with E-state index >= 15 is 0 Å². The van der Waals surface area contributed by atoms with Crippen LogP contribution in [0.5, 0.6) is 0 Å². The lowest BCUT2D eigenvalue weighted by molar-refractivity contribution is -0.137. The van der Waals surface area contributed by atoms with Crippen molar-refractivity contribution in [2.45, 2.75) is 42.9 Å². The van der Waals surface area contributed by atoms with Gasteiger partial charge in [0.1, 0.15) is 17.3 Å². The third-order valence-electron chi connectivity index (χ3n) is 6.85. The van der Waals surface area contributed by atoms with Crippen molar-refractivity contribution in [1.82, 2.24) is 23.8 Å². The molecular weight excluding hydrogens is 563 g/mol. The van der Waals surface area contributed by atoms with Gasteiger partial charge >= 0.3 is 12.3 Å². The van der Waals surface area contributed by atoms with E-state index in [1.165, 1.54) is 41.3 Å². The molecule has 1 aliphatic heterocycles. The maximum absolute atomic E-state index is 14.2. The van der Waals surface area contributed by atoms with Crippen LogP contribution in [0.1, 0.15) is 31.0 Å². The summed E-state index contributed by atoms with van der Waals surface area (Å²) in [6.45, 7) is 1.84. The van der Waals surface area contributed by atoms with E-state index in [1.807, 2.05) is 6.07 Å². The van der Waals surface area contributed by atoms with Crippen LogP contribution >= 0.6 is 0 Å². The number of aromatic nitrogens is 4. The first-order valence-electron chi connectivity index (χ1n) is 12.3. The van der Waals surface area contributed by atoms with Crippen LogP contribution in [0.15, 0.2) is 59.8 Å². The Morgan fingerprint density at radius 2 is 1.88 bits per heavy atom. The largest absolute Gasteiger partial charge is 0.465 e. The van der Waals surface area contributed by atoms with Gasteiger partial charge in [0.15, 0.2) is 5.65 Å². The predicted octanol–water partition coefficient (Wildman–Crippen LogP) is 4.56. The summed E-state index contributed by atoms with van der Waals surface area (Å²) in [5.41, 5.74) is -2.40. The third-order valence-corrected chi connectivity index (χ3v) is 8.51. The molecule has 2 N–H and O–H groups in total. The fourth-order valence-corrected chi connectivity index (χ4v) is 6.09. The molecule has 5 rings (SSSR count). The van der Waals surface area contributed by atoms with Crippen LogP contribution in [-0.4, -0.2) is 62.1 Å². The molecule has 0 saturated carbocycles. The Morgan fingerprint density at radius 3 is 2.54 bits per heavy atom. The predicted molar refractivity (Wildman–Crippen MR) is 140 cm³/mol. The zero-order valence-electron chi connectivity index (χ0n) is 21.4. The summed E-state index contributed by atoms with van der Waals surface area (Å²) in [4.78, 5) is 24.7. The first-order valence-corrected chi connectivity index (χ1v) is 13.8. The van der Waals surface area contributed by atoms with Crippen LogP contribution in [0.4, 0.5) is 23.9 Å². The molecule has 1 amide bonds. The van der Waals surface area contributed by atoms with E-state index in [1.54, 1.807) is 13.0 Å². The Morgan fingerprint density at radius 1 is 1.15 bits per heavy atom. The Labute approximate surface area is 231 Å². The quantitative estimate of drug-likeness (QED) is 0.343. The second-order valence-corrected chi connectivity index (χ2v) is 11.3. The fourth-order valence-electron chi connectivity index (χ4n) is 4.75. The summed E-state index contributed by atoms with van der Waals surface area (Å²) in [6.07, 6.45) is -3.38. The third kappa shape index (κ3) is 5.25. The molecule has 1 aromatic carbocycles. The molecule has 41 heavy (non-hydrogen) atoms. The number of nitriles is 1. The fraction of sp³-hybridized carbons (Fsp3) is 0.269. The summed E-state index contributed by atoms with van der Waals surface area (Å²) in [5, 5.41) is 21.8. The number of piperidine rings is 1. The van der Waals surface area contributed by atoms with Gasteiger partial charge in [-0.2, -0.15) is 18.4 Å². The lowest BCUT2D eigenvalue weighted by Crippen LogP contribution is -2.49. The van der Waals surface area contributed by atoms with E-state index in [4.69, 9.17) is 0 Å². The van der Waals surface area contributed by atoms with Crippen molar-refractivity contribution >= 4 is 33.1 Å². The van der Waals surface area contributed by atoms with Gasteiger partial charge in [0, 0.05) is 42.0 Å². The maximum Gasteiger partial charge on any atom is 0.419 e. The summed E-state index contributed by atoms with van der Waals surface area (Å²) in [5.74, 6) is -0.189. The standard InChI is InChI=1S/C26H22F3N7O4S/c1-15-7-8-17(13-35(15)25(37)38)33-24-31-12-21(26(27,28)29)22(34-24)20-14-36(23-19(20)10-9-16(11-30)32-23)41(39,40)18-5-3-2-4-6-18/h2-6,9-10,12,14-15,17H,7-8,13H2,1H3,(H,37,38)(H,31,33,34)/t15-,17-/m0/s1. The average Bonchev–Trinajstić information content (AvgIpc) is 3.33. The number of rotatable bonds is 5. The summed E-state index contributed by atoms with van der Waals surface area (Å²) >= 11 is 0. The molecule has 2 atom stereocenters. The zero-order valence-corrected chi connectivity index (χ0v) is 22.2. The number of pyridine rings is 1. The molecule has 11 nitrogen and oxygen atoms in total. The molecule has 1 aliphatic rings. The summed E-state index contributed by atoms with van der Waals surface area (Å²) in [7, 11) is -4.34. The van der Waals surface area contributed by atoms with Gasteiger partial charge in [-0.15, -0.1) is 0 Å². The smallest absolute Gasteiger partial charge is 0.419 e. The van der Waals surface area contributed by atoms with Gasteiger partial charge in [0.25, 0.3) is 10.0 Å². The zero-order chi connectivity index (χ0) is 29.5. The minimum Gasteiger partial charge on any atom is -0.465 e. The van der Waals surface area contributed by atoms with Crippen molar-refractivity contribution < 1.29 is 31.5 Å². The molecule has 4 aromatic rings. The highest BCUT2D eigenvalue weighted by atomic mass is 32.2. The Balaban J connectivity index is 1.67. The van der Waals surface area contributed by atoms with Gasteiger partial charge in [-0.05, 0) is 44.0 Å². The van der Waals surface area contributed by atoms with Gasteiger partial charge in [0.2, 0.25) is 5.95 Å². The number of nitrogens with zero attached hydrogens (tertiary/aromatic N) is 6. The molecule has 0 radical (unpaired) electrons. The summed E-state index contributed by atoms with van der Waals surface area (Å²) in [6, 6.07) is 11.0. The monoisotopic (exact) mass is 585 g/mol. The SMILES string of the molecule is C[C@H]1CC[C@H](Nc2ncc(C(F)(F)F)c(-c3cn(S(=O)(=O)c4ccccc4)c4nc(C#N)ccc34)n2)CN1C(=O)O. The number of hydrogen-bond acceptors (Lipinski definition) is 8. The molecule has 1 saturated heterocycles. The molecule has 0 aliphatic carbocycles. The van der Waals surface area contributed by atoms with Crippen molar-refractivity contribution in [3.63, 3.8) is 0 Å². The van der Waals surface area contributed by atoms with E-state index in [9.17, 15) is 36.8 Å². The molecule has 0 spiro atoms. The van der Waals surface area contributed by atoms with Gasteiger partial charge in [-0.25, -0.2) is 32.1 Å². The van der Waals surface area contributed by atoms with Crippen molar-refractivity contribution in [2.24, 2.45) is 0 Å². The number of carbonyl (C=O) groups is 1. The molecule has 3 aromatic heterocycles. The first-order chi connectivity index (χ1) is 19.4. The lowest BCUT2D eigenvalue weighted by atomic mass is 10.00. The number of carboxylic acid groups (broad SMARTS) is 1. The van der Waals surface area contributed by atoms with Crippen LogP contribution in [-0.2, 0) is 16.2 Å². The van der Waals surface area contributed by atoms with E-state index in [-0.39, 0.29) is 45.7 Å². The second-order valence-electron chi connectivity index (χ2n) is 9.49. The Kier molecular flexibility index (Phi) is 7.03. The number of anilines is 1. The number of fused-ring (bicyclic) bond motifs is 1. The molecule has 1 fully saturated rings. The number of hydrogen-bond donors (Lipinski definition) is 2. The van der Waals surface area contributed by atoms with Crippen molar-refractivity contribution in [3.05, 3.63) is 66.1 Å². The van der Waals surface area contributed by atoms with Crippen LogP contribution < -0.4 is 5.32 Å². The number of benzene rings is 1. The highest BCUT2D eigenvalue weighted by Crippen LogP contribution is 2.40. The normalized spacial score (nSPS) is 17.8. The van der Waals surface area contributed by atoms with E-state index in [0.717, 1.165) is 10.2 Å². The van der Waals surface area contributed by atoms with Crippen LogP contribution in [0.3, 0.4) is 0 Å². The number of likely N-dealkylation sites (tertiary alicyclic amines) is 1. The maximum atomic E-state index is 14.2. The van der Waals surface area contributed by atoms with Crippen LogP contribution in [0, 0.1) is 11.3 Å². The highest BCUT2D eigenvalue weighted by molar-refractivity contribution is 7.90. The highest BCUT2D eigenvalue weighted by Gasteiger charge is 2.37. The molecule has 0 unspecified atom stereocenters. The van der Waals surface area contributed by atoms with Crippen LogP contribution in [0.25, 0.3) is 22.3 Å². The van der Waals surface area contributed by atoms with Gasteiger partial charge in [-0.1, -0.05) is 18.2 Å². The van der Waals surface area contributed by atoms with E-state index < -0.39 is 39.6 Å². The van der Waals surface area contributed by atoms with Gasteiger partial charge in [0.05, 0.1) is 10.6 Å². The van der Waals surface area contributed by atoms with Gasteiger partial charge in [-0.3, -0.25) is 0 Å². The number of nitrogens with one attached hydrogen (secondary N) is 1. The Bertz CT molecular complexity index is 1790. The average molecular weight is 586 g/mol. The van der Waals surface area contributed by atoms with Crippen molar-refractivity contribution in [2.75, 3.05) is 11.9 Å². The topological polar surface area (TPSA) is 154 Å².